The largest absolute Gasteiger partial charge is 0.477 e. The van der Waals surface area contributed by atoms with Crippen molar-refractivity contribution in [3.05, 3.63) is 78.8 Å². The maximum absolute atomic E-state index is 12.6. The van der Waals surface area contributed by atoms with E-state index in [0.717, 1.165) is 16.7 Å². The number of nitrogens with zero attached hydrogens (tertiary/aromatic N) is 3. The number of para-hydroxylation sites is 2. The van der Waals surface area contributed by atoms with Gasteiger partial charge in [-0.25, -0.2) is 9.97 Å². The molecule has 6 nitrogen and oxygen atoms in total. The van der Waals surface area contributed by atoms with Gasteiger partial charge < -0.3 is 10.1 Å². The zero-order valence-corrected chi connectivity index (χ0v) is 14.8. The first-order valence-corrected chi connectivity index (χ1v) is 8.68. The normalized spacial score (nSPS) is 10.7. The van der Waals surface area contributed by atoms with Gasteiger partial charge in [0.2, 0.25) is 5.88 Å². The molecule has 0 radical (unpaired) electrons. The summed E-state index contributed by atoms with van der Waals surface area (Å²) in [5.41, 5.74) is 4.04. The van der Waals surface area contributed by atoms with Crippen LogP contribution < -0.4 is 10.1 Å². The number of carbonyl (C=O) groups excluding carboxylic acids is 1. The molecule has 0 spiro atoms. The molecule has 1 N–H and O–H groups in total. The summed E-state index contributed by atoms with van der Waals surface area (Å²) in [5, 5.41) is 2.88. The van der Waals surface area contributed by atoms with Crippen LogP contribution in [0, 0.1) is 0 Å². The molecule has 0 aliphatic heterocycles. The minimum Gasteiger partial charge on any atom is -0.477 e. The Kier molecular flexibility index (Phi) is 4.53. The third-order valence-corrected chi connectivity index (χ3v) is 4.15. The first kappa shape index (κ1) is 16.8. The molecule has 2 aromatic carbocycles. The summed E-state index contributed by atoms with van der Waals surface area (Å²) in [6.45, 7) is 2.31. The van der Waals surface area contributed by atoms with Gasteiger partial charge in [0.15, 0.2) is 0 Å². The smallest absolute Gasteiger partial charge is 0.261 e. The van der Waals surface area contributed by atoms with Crippen LogP contribution in [0.3, 0.4) is 0 Å². The molecule has 0 saturated heterocycles. The molecule has 27 heavy (non-hydrogen) atoms. The summed E-state index contributed by atoms with van der Waals surface area (Å²) in [6.07, 6.45) is 3.40. The van der Waals surface area contributed by atoms with Crippen molar-refractivity contribution in [1.29, 1.82) is 0 Å². The summed E-state index contributed by atoms with van der Waals surface area (Å²) in [7, 11) is 0. The third-order valence-electron chi connectivity index (χ3n) is 4.15. The second-order valence-electron chi connectivity index (χ2n) is 5.89. The van der Waals surface area contributed by atoms with Gasteiger partial charge in [0.1, 0.15) is 11.9 Å². The van der Waals surface area contributed by atoms with Crippen LogP contribution in [0.1, 0.15) is 17.3 Å². The van der Waals surface area contributed by atoms with Crippen LogP contribution in [0.25, 0.3) is 16.7 Å². The summed E-state index contributed by atoms with van der Waals surface area (Å²) >= 11 is 0. The van der Waals surface area contributed by atoms with Crippen molar-refractivity contribution in [2.75, 3.05) is 11.9 Å². The predicted octanol–water partition coefficient (Wildman–Crippen LogP) is 4.07. The maximum Gasteiger partial charge on any atom is 0.261 e. The second kappa shape index (κ2) is 7.29. The number of fused-ring (bicyclic) bond motifs is 1. The van der Waals surface area contributed by atoms with Gasteiger partial charge in [0.05, 0.1) is 17.6 Å². The predicted molar refractivity (Wildman–Crippen MR) is 104 cm³/mol. The lowest BCUT2D eigenvalue weighted by Crippen LogP contribution is -2.14. The summed E-state index contributed by atoms with van der Waals surface area (Å²) in [4.78, 5) is 21.1. The molecule has 2 heterocycles. The molecule has 0 bridgehead atoms. The summed E-state index contributed by atoms with van der Waals surface area (Å²) in [5.74, 6) is 0.0754. The van der Waals surface area contributed by atoms with Crippen molar-refractivity contribution in [2.45, 2.75) is 6.92 Å². The Hall–Kier alpha value is -3.67. The highest BCUT2D eigenvalue weighted by molar-refractivity contribution is 6.05. The van der Waals surface area contributed by atoms with Gasteiger partial charge in [-0.15, -0.1) is 0 Å². The van der Waals surface area contributed by atoms with Gasteiger partial charge in [-0.1, -0.05) is 12.1 Å². The van der Waals surface area contributed by atoms with E-state index in [4.69, 9.17) is 4.74 Å². The fraction of sp³-hybridized carbons (Fsp3) is 0.0952. The van der Waals surface area contributed by atoms with E-state index in [9.17, 15) is 4.79 Å². The van der Waals surface area contributed by atoms with Crippen molar-refractivity contribution in [3.63, 3.8) is 0 Å². The third kappa shape index (κ3) is 3.37. The van der Waals surface area contributed by atoms with E-state index < -0.39 is 0 Å². The zero-order valence-electron chi connectivity index (χ0n) is 14.8. The Labute approximate surface area is 156 Å². The van der Waals surface area contributed by atoms with Crippen LogP contribution in [-0.2, 0) is 0 Å². The number of nitrogens with one attached hydrogen (secondary N) is 1. The highest BCUT2D eigenvalue weighted by atomic mass is 16.5. The van der Waals surface area contributed by atoms with Crippen LogP contribution in [0.4, 0.5) is 5.69 Å². The Morgan fingerprint density at radius 2 is 1.85 bits per heavy atom. The standard InChI is InChI=1S/C21H18N4O2/c1-2-27-21-17(6-5-13-22-21)20(26)24-15-9-11-16(12-10-15)25-14-23-18-7-3-4-8-19(18)25/h3-14H,2H2,1H3,(H,24,26). The van der Waals surface area contributed by atoms with Gasteiger partial charge in [0.25, 0.3) is 5.91 Å². The van der Waals surface area contributed by atoms with Gasteiger partial charge in [-0.3, -0.25) is 9.36 Å². The number of benzene rings is 2. The lowest BCUT2D eigenvalue weighted by Gasteiger charge is -2.10. The van der Waals surface area contributed by atoms with Gasteiger partial charge >= 0.3 is 0 Å². The number of hydrogen-bond acceptors (Lipinski definition) is 4. The maximum atomic E-state index is 12.6. The number of carbonyl (C=O) groups is 1. The first-order chi connectivity index (χ1) is 13.3. The molecule has 0 aliphatic rings. The van der Waals surface area contributed by atoms with Crippen LogP contribution in [-0.4, -0.2) is 27.0 Å². The lowest BCUT2D eigenvalue weighted by atomic mass is 10.2. The van der Waals surface area contributed by atoms with Crippen LogP contribution >= 0.6 is 0 Å². The number of rotatable bonds is 5. The van der Waals surface area contributed by atoms with Crippen LogP contribution in [0.2, 0.25) is 0 Å². The average molecular weight is 358 g/mol. The number of hydrogen-bond donors (Lipinski definition) is 1. The highest BCUT2D eigenvalue weighted by Crippen LogP contribution is 2.21. The molecule has 0 saturated carbocycles. The topological polar surface area (TPSA) is 69.0 Å². The Morgan fingerprint density at radius 1 is 1.04 bits per heavy atom. The number of ether oxygens (including phenoxy) is 1. The fourth-order valence-electron chi connectivity index (χ4n) is 2.88. The van der Waals surface area contributed by atoms with Crippen molar-refractivity contribution >= 4 is 22.6 Å². The molecule has 6 heteroatoms. The van der Waals surface area contributed by atoms with E-state index in [1.54, 1.807) is 24.7 Å². The zero-order chi connectivity index (χ0) is 18.6. The van der Waals surface area contributed by atoms with Crippen molar-refractivity contribution in [3.8, 4) is 11.6 Å². The molecule has 4 aromatic rings. The van der Waals surface area contributed by atoms with Gasteiger partial charge in [-0.05, 0) is 55.5 Å². The number of aromatic nitrogens is 3. The number of anilines is 1. The molecule has 4 rings (SSSR count). The Bertz CT molecular complexity index is 1090. The van der Waals surface area contributed by atoms with E-state index >= 15 is 0 Å². The molecule has 1 amide bonds. The molecule has 0 aliphatic carbocycles. The van der Waals surface area contributed by atoms with Gasteiger partial charge in [-0.2, -0.15) is 0 Å². The summed E-state index contributed by atoms with van der Waals surface area (Å²) in [6, 6.07) is 19.0. The van der Waals surface area contributed by atoms with E-state index in [-0.39, 0.29) is 5.91 Å². The molecule has 2 aromatic heterocycles. The molecule has 0 fully saturated rings. The SMILES string of the molecule is CCOc1ncccc1C(=O)Nc1ccc(-n2cnc3ccccc32)cc1. The highest BCUT2D eigenvalue weighted by Gasteiger charge is 2.13. The molecular formula is C21H18N4O2. The van der Waals surface area contributed by atoms with Crippen LogP contribution in [0.5, 0.6) is 5.88 Å². The number of pyridine rings is 1. The van der Waals surface area contributed by atoms with E-state index in [2.05, 4.69) is 15.3 Å². The number of imidazole rings is 1. The fourth-order valence-corrected chi connectivity index (χ4v) is 2.88. The van der Waals surface area contributed by atoms with E-state index in [1.807, 2.05) is 60.0 Å². The van der Waals surface area contributed by atoms with E-state index in [0.29, 0.717) is 23.7 Å². The van der Waals surface area contributed by atoms with Crippen molar-refractivity contribution in [1.82, 2.24) is 14.5 Å². The minimum absolute atomic E-state index is 0.257. The second-order valence-corrected chi connectivity index (χ2v) is 5.89. The van der Waals surface area contributed by atoms with E-state index in [1.165, 1.54) is 0 Å². The van der Waals surface area contributed by atoms with Crippen LogP contribution in [0.15, 0.2) is 73.2 Å². The quantitative estimate of drug-likeness (QED) is 0.584. The Balaban J connectivity index is 1.56. The monoisotopic (exact) mass is 358 g/mol. The summed E-state index contributed by atoms with van der Waals surface area (Å²) < 4.78 is 7.43. The number of amides is 1. The molecule has 0 unspecified atom stereocenters. The molecule has 134 valence electrons. The Morgan fingerprint density at radius 3 is 2.67 bits per heavy atom. The molecule has 0 atom stereocenters. The van der Waals surface area contributed by atoms with Gasteiger partial charge in [0, 0.05) is 17.6 Å². The molecular weight excluding hydrogens is 340 g/mol. The lowest BCUT2D eigenvalue weighted by molar-refractivity contribution is 0.102. The average Bonchev–Trinajstić information content (AvgIpc) is 3.13. The first-order valence-electron chi connectivity index (χ1n) is 8.68. The van der Waals surface area contributed by atoms with Crippen molar-refractivity contribution in [2.24, 2.45) is 0 Å². The minimum atomic E-state index is -0.257. The van der Waals surface area contributed by atoms with Crippen molar-refractivity contribution < 1.29 is 9.53 Å².